The first-order chi connectivity index (χ1) is 22.8. The lowest BCUT2D eigenvalue weighted by atomic mass is 9.98. The van der Waals surface area contributed by atoms with Crippen LogP contribution in [0.15, 0.2) is 96.3 Å². The van der Waals surface area contributed by atoms with E-state index >= 15 is 0 Å². The third-order valence-electron chi connectivity index (χ3n) is 7.80. The fraction of sp³-hybridized carbons (Fsp3) is 0.182. The van der Waals surface area contributed by atoms with Crippen molar-refractivity contribution in [2.45, 2.75) is 36.3 Å². The SMILES string of the molecule is COc1cccc(NSc2ccc(Nc3cc4c(-c5ccc6c(cnn6CC(O)(C(F)(F)F)C(F)(F)F)c5C)nccc4cn3)cc2)c1. The minimum Gasteiger partial charge on any atom is -0.497 e. The monoisotopic (exact) mass is 684 g/mol. The zero-order valence-electron chi connectivity index (χ0n) is 25.2. The molecule has 0 saturated carbocycles. The number of hydrogen-bond acceptors (Lipinski definition) is 8. The molecular formula is C33H26F6N6O2S. The van der Waals surface area contributed by atoms with Crippen LogP contribution < -0.4 is 14.8 Å². The van der Waals surface area contributed by atoms with E-state index in [4.69, 9.17) is 4.74 Å². The standard InChI is InChI=1S/C33H26F6N6O2S/c1-19-25(10-11-28-27(19)17-42-45(28)18-31(46,32(34,35)36)33(37,38)39)30-26-15-29(41-16-20(26)12-13-40-30)43-21-6-8-24(9-7-21)48-44-22-4-3-5-23(14-22)47-2/h3-17,44,46H,18H2,1-2H3,(H,41,43). The van der Waals surface area contributed by atoms with Crippen LogP contribution in [-0.4, -0.2) is 49.9 Å². The van der Waals surface area contributed by atoms with Crippen molar-refractivity contribution in [3.8, 4) is 17.0 Å². The largest absolute Gasteiger partial charge is 0.497 e. The first-order valence-electron chi connectivity index (χ1n) is 14.3. The van der Waals surface area contributed by atoms with Gasteiger partial charge in [-0.2, -0.15) is 31.4 Å². The van der Waals surface area contributed by atoms with Gasteiger partial charge >= 0.3 is 12.4 Å². The molecule has 0 unspecified atom stereocenters. The van der Waals surface area contributed by atoms with Crippen molar-refractivity contribution < 1.29 is 36.2 Å². The van der Waals surface area contributed by atoms with Crippen molar-refractivity contribution in [1.82, 2.24) is 19.7 Å². The Kier molecular flexibility index (Phi) is 8.60. The van der Waals surface area contributed by atoms with Gasteiger partial charge in [0, 0.05) is 56.5 Å². The number of aliphatic hydroxyl groups is 1. The number of aromatic nitrogens is 4. The van der Waals surface area contributed by atoms with Gasteiger partial charge in [0.15, 0.2) is 0 Å². The summed E-state index contributed by atoms with van der Waals surface area (Å²) in [6.07, 6.45) is -7.51. The fourth-order valence-corrected chi connectivity index (χ4v) is 5.77. The van der Waals surface area contributed by atoms with Gasteiger partial charge in [-0.15, -0.1) is 0 Å². The number of nitrogens with one attached hydrogen (secondary N) is 2. The number of benzene rings is 3. The Morgan fingerprint density at radius 3 is 2.31 bits per heavy atom. The highest BCUT2D eigenvalue weighted by molar-refractivity contribution is 8.00. The maximum atomic E-state index is 13.4. The predicted octanol–water partition coefficient (Wildman–Crippen LogP) is 8.68. The Labute approximate surface area is 273 Å². The van der Waals surface area contributed by atoms with Gasteiger partial charge in [0.1, 0.15) is 11.6 Å². The molecule has 48 heavy (non-hydrogen) atoms. The van der Waals surface area contributed by atoms with Crippen LogP contribution in [0, 0.1) is 6.92 Å². The number of hydrogen-bond donors (Lipinski definition) is 3. The van der Waals surface area contributed by atoms with E-state index in [0.29, 0.717) is 38.1 Å². The molecule has 0 aliphatic rings. The highest BCUT2D eigenvalue weighted by Gasteiger charge is 2.70. The first kappa shape index (κ1) is 32.9. The lowest BCUT2D eigenvalue weighted by molar-refractivity contribution is -0.372. The number of nitrogens with zero attached hydrogens (tertiary/aromatic N) is 4. The molecule has 248 valence electrons. The average Bonchev–Trinajstić information content (AvgIpc) is 3.46. The number of pyridine rings is 2. The maximum Gasteiger partial charge on any atom is 0.428 e. The van der Waals surface area contributed by atoms with E-state index in [9.17, 15) is 31.4 Å². The Hall–Kier alpha value is -5.02. The van der Waals surface area contributed by atoms with Crippen LogP contribution in [0.1, 0.15) is 5.56 Å². The fourth-order valence-electron chi connectivity index (χ4n) is 5.14. The van der Waals surface area contributed by atoms with Crippen LogP contribution in [0.4, 0.5) is 43.5 Å². The summed E-state index contributed by atoms with van der Waals surface area (Å²) >= 11 is 1.44. The summed E-state index contributed by atoms with van der Waals surface area (Å²) in [7, 11) is 1.61. The number of rotatable bonds is 9. The van der Waals surface area contributed by atoms with Crippen LogP contribution in [0.2, 0.25) is 0 Å². The van der Waals surface area contributed by atoms with E-state index in [0.717, 1.165) is 27.4 Å². The molecule has 0 aliphatic heterocycles. The van der Waals surface area contributed by atoms with Crippen molar-refractivity contribution in [2.75, 3.05) is 17.1 Å². The zero-order valence-corrected chi connectivity index (χ0v) is 26.0. The number of ether oxygens (including phenoxy) is 1. The zero-order chi connectivity index (χ0) is 34.3. The van der Waals surface area contributed by atoms with Gasteiger partial charge in [-0.1, -0.05) is 12.1 Å². The van der Waals surface area contributed by atoms with Gasteiger partial charge in [0.05, 0.1) is 31.1 Å². The molecule has 0 spiro atoms. The Bertz CT molecular complexity index is 2090. The highest BCUT2D eigenvalue weighted by Crippen LogP contribution is 2.44. The molecule has 3 aromatic carbocycles. The molecule has 3 N–H and O–H groups in total. The highest BCUT2D eigenvalue weighted by atomic mass is 32.2. The van der Waals surface area contributed by atoms with Crippen molar-refractivity contribution in [1.29, 1.82) is 0 Å². The Morgan fingerprint density at radius 2 is 1.60 bits per heavy atom. The second-order valence-corrected chi connectivity index (χ2v) is 11.7. The summed E-state index contributed by atoms with van der Waals surface area (Å²) in [6.45, 7) is -0.180. The van der Waals surface area contributed by atoms with Crippen molar-refractivity contribution >= 4 is 50.8 Å². The second kappa shape index (κ2) is 12.5. The van der Waals surface area contributed by atoms with Gasteiger partial charge in [-0.25, -0.2) is 4.98 Å². The molecule has 0 aliphatic carbocycles. The van der Waals surface area contributed by atoms with Gasteiger partial charge in [-0.05, 0) is 79.0 Å². The molecule has 0 radical (unpaired) electrons. The van der Waals surface area contributed by atoms with Crippen molar-refractivity contribution in [3.05, 3.63) is 97.0 Å². The van der Waals surface area contributed by atoms with Crippen LogP contribution in [0.5, 0.6) is 5.75 Å². The molecule has 0 fully saturated rings. The van der Waals surface area contributed by atoms with E-state index in [1.54, 1.807) is 38.6 Å². The first-order valence-corrected chi connectivity index (χ1v) is 15.1. The summed E-state index contributed by atoms with van der Waals surface area (Å²) in [6, 6.07) is 21.8. The summed E-state index contributed by atoms with van der Waals surface area (Å²) in [4.78, 5) is 10.0. The molecular weight excluding hydrogens is 658 g/mol. The van der Waals surface area contributed by atoms with E-state index in [2.05, 4.69) is 25.1 Å². The van der Waals surface area contributed by atoms with Crippen LogP contribution >= 0.6 is 11.9 Å². The molecule has 0 bridgehead atoms. The minimum absolute atomic E-state index is 0.00672. The molecule has 6 aromatic rings. The lowest BCUT2D eigenvalue weighted by Crippen LogP contribution is -2.59. The third-order valence-corrected chi connectivity index (χ3v) is 8.64. The molecule has 8 nitrogen and oxygen atoms in total. The summed E-state index contributed by atoms with van der Waals surface area (Å²) in [5, 5.41) is 18.6. The number of fused-ring (bicyclic) bond motifs is 2. The van der Waals surface area contributed by atoms with E-state index < -0.39 is 24.5 Å². The van der Waals surface area contributed by atoms with Gasteiger partial charge < -0.3 is 19.9 Å². The van der Waals surface area contributed by atoms with Crippen LogP contribution in [-0.2, 0) is 6.54 Å². The number of anilines is 3. The van der Waals surface area contributed by atoms with E-state index in [1.165, 1.54) is 24.2 Å². The van der Waals surface area contributed by atoms with Crippen LogP contribution in [0.3, 0.4) is 0 Å². The summed E-state index contributed by atoms with van der Waals surface area (Å²) < 4.78 is 89.2. The van der Waals surface area contributed by atoms with E-state index in [-0.39, 0.29) is 5.52 Å². The maximum absolute atomic E-state index is 13.4. The normalized spacial score (nSPS) is 12.4. The number of aryl methyl sites for hydroxylation is 1. The average molecular weight is 685 g/mol. The molecule has 3 heterocycles. The van der Waals surface area contributed by atoms with Gasteiger partial charge in [0.25, 0.3) is 5.60 Å². The van der Waals surface area contributed by atoms with E-state index in [1.807, 2.05) is 54.6 Å². The number of methoxy groups -OCH3 is 1. The van der Waals surface area contributed by atoms with Crippen molar-refractivity contribution in [3.63, 3.8) is 0 Å². The minimum atomic E-state index is -5.97. The number of alkyl halides is 6. The third kappa shape index (κ3) is 6.30. The molecule has 0 amide bonds. The summed E-state index contributed by atoms with van der Waals surface area (Å²) in [5.41, 5.74) is -1.66. The summed E-state index contributed by atoms with van der Waals surface area (Å²) in [5.74, 6) is 1.27. The molecule has 3 aromatic heterocycles. The Balaban J connectivity index is 1.25. The predicted molar refractivity (Wildman–Crippen MR) is 172 cm³/mol. The molecule has 0 atom stereocenters. The molecule has 0 saturated heterocycles. The molecule has 15 heteroatoms. The number of halogens is 6. The van der Waals surface area contributed by atoms with Crippen molar-refractivity contribution in [2.24, 2.45) is 0 Å². The topological polar surface area (TPSA) is 97.1 Å². The Morgan fingerprint density at radius 1 is 0.854 bits per heavy atom. The lowest BCUT2D eigenvalue weighted by Gasteiger charge is -2.32. The smallest absolute Gasteiger partial charge is 0.428 e. The van der Waals surface area contributed by atoms with Crippen LogP contribution in [0.25, 0.3) is 32.9 Å². The molecule has 6 rings (SSSR count). The van der Waals surface area contributed by atoms with Gasteiger partial charge in [0.2, 0.25) is 0 Å². The second-order valence-electron chi connectivity index (χ2n) is 10.9. The van der Waals surface area contributed by atoms with Gasteiger partial charge in [-0.3, -0.25) is 9.67 Å². The quantitative estimate of drug-likeness (QED) is 0.103.